The molecular weight excluding hydrogens is 788 g/mol. The number of carbonyl (C=O) groups is 1. The molecule has 55 heavy (non-hydrogen) atoms. The van der Waals surface area contributed by atoms with Gasteiger partial charge in [-0.15, -0.1) is 0 Å². The maximum Gasteiger partial charge on any atom is 0.404 e. The van der Waals surface area contributed by atoms with Gasteiger partial charge in [-0.1, -0.05) is 131 Å². The van der Waals surface area contributed by atoms with Crippen LogP contribution >= 0.6 is 15.9 Å². The first-order chi connectivity index (χ1) is 26.5. The van der Waals surface area contributed by atoms with Gasteiger partial charge in [0.2, 0.25) is 10.0 Å². The molecule has 5 aromatic carbocycles. The highest BCUT2D eigenvalue weighted by molar-refractivity contribution is 9.10. The van der Waals surface area contributed by atoms with Crippen LogP contribution in [0.25, 0.3) is 0 Å². The number of amides is 1. The summed E-state index contributed by atoms with van der Waals surface area (Å²) in [5.74, 6) is -0.304. The first-order valence-corrected chi connectivity index (χ1v) is 20.0. The van der Waals surface area contributed by atoms with Gasteiger partial charge in [0.15, 0.2) is 4.90 Å². The number of hydrogen-bond donors (Lipinski definition) is 4. The summed E-state index contributed by atoms with van der Waals surface area (Å²) >= 11 is 3.52. The summed E-state index contributed by atoms with van der Waals surface area (Å²) in [7, 11) is -4.34. The van der Waals surface area contributed by atoms with Gasteiger partial charge in [-0.2, -0.15) is 0 Å². The second-order valence-electron chi connectivity index (χ2n) is 13.2. The predicted octanol–water partition coefficient (Wildman–Crippen LogP) is 6.50. The van der Waals surface area contributed by atoms with E-state index in [0.29, 0.717) is 0 Å². The quantitative estimate of drug-likeness (QED) is 0.0464. The lowest BCUT2D eigenvalue weighted by molar-refractivity contribution is -0.387. The number of likely N-dealkylation sites (tertiary alicyclic amines) is 1. The van der Waals surface area contributed by atoms with Crippen LogP contribution in [0.2, 0.25) is 0 Å². The van der Waals surface area contributed by atoms with Crippen LogP contribution in [0.15, 0.2) is 149 Å². The van der Waals surface area contributed by atoms with Gasteiger partial charge in [0, 0.05) is 41.6 Å². The Kier molecular flexibility index (Phi) is 12.8. The molecule has 0 aliphatic carbocycles. The molecule has 1 saturated heterocycles. The highest BCUT2D eigenvalue weighted by Crippen LogP contribution is 2.45. The second kappa shape index (κ2) is 17.7. The molecule has 14 heteroatoms. The summed E-state index contributed by atoms with van der Waals surface area (Å²) < 4.78 is 38.1. The van der Waals surface area contributed by atoms with Gasteiger partial charge in [-0.25, -0.2) is 17.9 Å². The number of ether oxygens (including phenoxy) is 1. The molecule has 0 spiro atoms. The Balaban J connectivity index is 1.41. The summed E-state index contributed by atoms with van der Waals surface area (Å²) in [5.41, 5.74) is 2.02. The van der Waals surface area contributed by atoms with Crippen LogP contribution in [0.3, 0.4) is 0 Å². The molecule has 4 N–H and O–H groups in total. The number of nitrogens with zero attached hydrogens (tertiary/aromatic N) is 2. The smallest absolute Gasteiger partial charge is 0.404 e. The molecule has 1 aliphatic heterocycles. The fourth-order valence-corrected chi connectivity index (χ4v) is 8.98. The third-order valence-electron chi connectivity index (χ3n) is 10.1. The molecule has 286 valence electrons. The van der Waals surface area contributed by atoms with Crippen molar-refractivity contribution in [1.29, 1.82) is 0 Å². The number of halogens is 1. The van der Waals surface area contributed by atoms with E-state index in [1.165, 1.54) is 18.2 Å². The molecular formula is C41H41BrN4O8S. The Bertz CT molecular complexity index is 2070. The Hall–Kier alpha value is -4.96. The zero-order chi connectivity index (χ0) is 39.0. The summed E-state index contributed by atoms with van der Waals surface area (Å²) in [5, 5.41) is 33.6. The maximum absolute atomic E-state index is 13.7. The van der Waals surface area contributed by atoms with E-state index in [2.05, 4.69) is 30.9 Å². The minimum atomic E-state index is -4.34. The summed E-state index contributed by atoms with van der Waals surface area (Å²) in [6.45, 7) is -0.142. The number of benzene rings is 5. The lowest BCUT2D eigenvalue weighted by Crippen LogP contribution is -2.67. The molecule has 6 rings (SSSR count). The fraction of sp³-hybridized carbons (Fsp3) is 0.244. The molecule has 0 aromatic heterocycles. The molecule has 1 amide bonds. The van der Waals surface area contributed by atoms with Crippen molar-refractivity contribution in [2.24, 2.45) is 0 Å². The zero-order valence-corrected chi connectivity index (χ0v) is 32.1. The summed E-state index contributed by atoms with van der Waals surface area (Å²) in [6.07, 6.45) is -1.07. The van der Waals surface area contributed by atoms with Gasteiger partial charge in [0.05, 0.1) is 24.2 Å². The van der Waals surface area contributed by atoms with Crippen molar-refractivity contribution in [3.8, 4) is 0 Å². The number of para-hydroxylation sites is 1. The van der Waals surface area contributed by atoms with Crippen LogP contribution in [0.1, 0.15) is 34.6 Å². The van der Waals surface area contributed by atoms with Gasteiger partial charge in [0.1, 0.15) is 5.60 Å². The monoisotopic (exact) mass is 828 g/mol. The van der Waals surface area contributed by atoms with Crippen molar-refractivity contribution in [2.75, 3.05) is 26.3 Å². The number of carboxylic acid groups (broad SMARTS) is 1. The number of sulfonamides is 1. The number of aliphatic hydroxyl groups excluding tert-OH is 1. The summed E-state index contributed by atoms with van der Waals surface area (Å²) in [6, 6.07) is 41.0. The van der Waals surface area contributed by atoms with Crippen molar-refractivity contribution in [1.82, 2.24) is 14.9 Å². The van der Waals surface area contributed by atoms with Crippen LogP contribution in [0.4, 0.5) is 10.5 Å². The largest absolute Gasteiger partial charge is 0.465 e. The van der Waals surface area contributed by atoms with Crippen LogP contribution in [0, 0.1) is 10.1 Å². The van der Waals surface area contributed by atoms with Gasteiger partial charge in [-0.3, -0.25) is 15.0 Å². The number of nitro groups is 1. The van der Waals surface area contributed by atoms with Gasteiger partial charge in [0.25, 0.3) is 5.69 Å². The van der Waals surface area contributed by atoms with Crippen LogP contribution < -0.4 is 10.0 Å². The highest BCUT2D eigenvalue weighted by Gasteiger charge is 2.51. The third kappa shape index (κ3) is 8.80. The number of nitro benzene ring substituents is 1. The Labute approximate surface area is 328 Å². The minimum Gasteiger partial charge on any atom is -0.465 e. The molecule has 0 bridgehead atoms. The third-order valence-corrected chi connectivity index (χ3v) is 12.1. The van der Waals surface area contributed by atoms with E-state index in [1.54, 1.807) is 0 Å². The van der Waals surface area contributed by atoms with Gasteiger partial charge >= 0.3 is 6.09 Å². The second-order valence-corrected chi connectivity index (χ2v) is 15.9. The summed E-state index contributed by atoms with van der Waals surface area (Å²) in [4.78, 5) is 24.2. The average molecular weight is 830 g/mol. The standard InChI is InChI=1S/C41H41BrN4O8S/c42-33-22-20-29(21-23-33)39-36(26-43-55(52,53)38-19-11-10-18-35(38)46(50)51)45(25-24-34(27-47)44-40(48)49)37(39)28-54-41(30-12-4-1-5-13-30,31-14-6-2-7-15-31)32-16-8-3-9-17-32/h1-23,34,36-37,39,43-44,47H,24-28H2,(H,48,49)/t34-,36-,37+,39+/m0/s1. The molecule has 1 aliphatic rings. The van der Waals surface area contributed by atoms with Gasteiger partial charge < -0.3 is 20.3 Å². The number of rotatable bonds is 17. The number of aliphatic hydroxyl groups is 1. The normalized spacial score (nSPS) is 17.9. The van der Waals surface area contributed by atoms with Crippen molar-refractivity contribution < 1.29 is 33.1 Å². The van der Waals surface area contributed by atoms with E-state index < -0.39 is 55.9 Å². The topological polar surface area (TPSA) is 171 Å². The van der Waals surface area contributed by atoms with Crippen LogP contribution in [0.5, 0.6) is 0 Å². The Morgan fingerprint density at radius 3 is 1.87 bits per heavy atom. The SMILES string of the molecule is O=C(O)N[C@H](CO)CCN1[C@H](COC(c2ccccc2)(c2ccccc2)c2ccccc2)[C@H](c2ccc(Br)cc2)[C@@H]1CNS(=O)(=O)c1ccccc1[N+](=O)[O-]. The van der Waals surface area contributed by atoms with E-state index in [4.69, 9.17) is 4.74 Å². The minimum absolute atomic E-state index is 0.122. The average Bonchev–Trinajstić information content (AvgIpc) is 3.20. The van der Waals surface area contributed by atoms with Crippen LogP contribution in [-0.2, 0) is 20.4 Å². The lowest BCUT2D eigenvalue weighted by Gasteiger charge is -2.56. The Morgan fingerprint density at radius 2 is 1.36 bits per heavy atom. The number of nitrogens with one attached hydrogen (secondary N) is 2. The van der Waals surface area contributed by atoms with Crippen molar-refractivity contribution in [2.45, 2.75) is 41.0 Å². The lowest BCUT2D eigenvalue weighted by atomic mass is 9.74. The molecule has 1 fully saturated rings. The first kappa shape index (κ1) is 39.7. The van der Waals surface area contributed by atoms with Gasteiger partial charge in [-0.05, 0) is 46.9 Å². The molecule has 0 radical (unpaired) electrons. The van der Waals surface area contributed by atoms with E-state index in [1.807, 2.05) is 115 Å². The van der Waals surface area contributed by atoms with E-state index in [9.17, 15) is 33.5 Å². The molecule has 0 saturated carbocycles. The van der Waals surface area contributed by atoms with Crippen molar-refractivity contribution >= 4 is 37.7 Å². The van der Waals surface area contributed by atoms with E-state index >= 15 is 0 Å². The fourth-order valence-electron chi connectivity index (χ4n) is 7.49. The number of hydrogen-bond acceptors (Lipinski definition) is 8. The highest BCUT2D eigenvalue weighted by atomic mass is 79.9. The zero-order valence-electron chi connectivity index (χ0n) is 29.6. The molecule has 1 heterocycles. The molecule has 0 unspecified atom stereocenters. The Morgan fingerprint density at radius 1 is 0.836 bits per heavy atom. The van der Waals surface area contributed by atoms with Crippen molar-refractivity contribution in [3.05, 3.63) is 176 Å². The van der Waals surface area contributed by atoms with E-state index in [0.717, 1.165) is 32.8 Å². The molecule has 12 nitrogen and oxygen atoms in total. The molecule has 5 aromatic rings. The first-order valence-electron chi connectivity index (χ1n) is 17.7. The maximum atomic E-state index is 13.7. The van der Waals surface area contributed by atoms with E-state index in [-0.39, 0.29) is 38.1 Å². The predicted molar refractivity (Wildman–Crippen MR) is 211 cm³/mol. The molecule has 4 atom stereocenters. The van der Waals surface area contributed by atoms with Crippen LogP contribution in [-0.4, -0.2) is 79.0 Å². The van der Waals surface area contributed by atoms with Crippen molar-refractivity contribution in [3.63, 3.8) is 0 Å².